The number of carbonyl (C=O) groups excluding carboxylic acids is 2. The maximum Gasteiger partial charge on any atom is 0.251 e. The Hall–Kier alpha value is -2.04. The van der Waals surface area contributed by atoms with Gasteiger partial charge in [-0.25, -0.2) is 0 Å². The lowest BCUT2D eigenvalue weighted by molar-refractivity contribution is -0.122. The third kappa shape index (κ3) is 6.30. The third-order valence-electron chi connectivity index (χ3n) is 3.79. The lowest BCUT2D eigenvalue weighted by atomic mass is 10.2. The molecule has 5 heteroatoms. The minimum absolute atomic E-state index is 0.101. The zero-order valence-electron chi connectivity index (χ0n) is 13.8. The predicted molar refractivity (Wildman–Crippen MR) is 89.5 cm³/mol. The second-order valence-electron chi connectivity index (χ2n) is 5.90. The molecule has 1 aliphatic carbocycles. The van der Waals surface area contributed by atoms with Crippen LogP contribution in [0.4, 0.5) is 0 Å². The Morgan fingerprint density at radius 2 is 1.78 bits per heavy atom. The van der Waals surface area contributed by atoms with E-state index < -0.39 is 0 Å². The first-order chi connectivity index (χ1) is 11.2. The average Bonchev–Trinajstić information content (AvgIpc) is 3.41. The molecular weight excluding hydrogens is 292 g/mol. The fraction of sp³-hybridized carbons (Fsp3) is 0.556. The van der Waals surface area contributed by atoms with Gasteiger partial charge < -0.3 is 15.4 Å². The van der Waals surface area contributed by atoms with Crippen molar-refractivity contribution in [1.29, 1.82) is 0 Å². The van der Waals surface area contributed by atoms with Crippen molar-refractivity contribution in [3.8, 4) is 5.75 Å². The van der Waals surface area contributed by atoms with Gasteiger partial charge in [0.15, 0.2) is 0 Å². The molecule has 1 aromatic rings. The van der Waals surface area contributed by atoms with Crippen LogP contribution in [0.2, 0.25) is 0 Å². The first-order valence-corrected chi connectivity index (χ1v) is 8.49. The molecule has 0 spiro atoms. The molecule has 2 amide bonds. The quantitative estimate of drug-likeness (QED) is 0.651. The third-order valence-corrected chi connectivity index (χ3v) is 3.79. The van der Waals surface area contributed by atoms with Gasteiger partial charge in [0.2, 0.25) is 5.91 Å². The molecule has 1 aromatic carbocycles. The Morgan fingerprint density at radius 1 is 1.09 bits per heavy atom. The minimum atomic E-state index is -0.136. The highest BCUT2D eigenvalue weighted by Crippen LogP contribution is 2.28. The monoisotopic (exact) mass is 318 g/mol. The van der Waals surface area contributed by atoms with Crippen molar-refractivity contribution < 1.29 is 14.3 Å². The van der Waals surface area contributed by atoms with Gasteiger partial charge in [0.25, 0.3) is 5.91 Å². The number of amides is 2. The molecule has 23 heavy (non-hydrogen) atoms. The standard InChI is InChI=1S/C18H26N2O3/c1-2-3-4-13-23-16-9-7-15(8-10-16)18(22)20-12-11-19-17(21)14-5-6-14/h7-10,14H,2-6,11-13H2,1H3,(H,19,21)(H,20,22). The number of hydrogen-bond donors (Lipinski definition) is 2. The van der Waals surface area contributed by atoms with Crippen LogP contribution in [0.3, 0.4) is 0 Å². The topological polar surface area (TPSA) is 67.4 Å². The van der Waals surface area contributed by atoms with Crippen LogP contribution in [0, 0.1) is 5.92 Å². The predicted octanol–water partition coefficient (Wildman–Crippen LogP) is 2.51. The van der Waals surface area contributed by atoms with Crippen LogP contribution in [0.5, 0.6) is 5.75 Å². The van der Waals surface area contributed by atoms with Gasteiger partial charge in [-0.2, -0.15) is 0 Å². The molecule has 0 atom stereocenters. The van der Waals surface area contributed by atoms with Crippen LogP contribution >= 0.6 is 0 Å². The molecule has 0 aliphatic heterocycles. The lowest BCUT2D eigenvalue weighted by Gasteiger charge is -2.08. The zero-order valence-corrected chi connectivity index (χ0v) is 13.8. The van der Waals surface area contributed by atoms with Crippen molar-refractivity contribution in [2.75, 3.05) is 19.7 Å². The molecule has 2 rings (SSSR count). The van der Waals surface area contributed by atoms with Crippen LogP contribution in [-0.2, 0) is 4.79 Å². The van der Waals surface area contributed by atoms with Gasteiger partial charge in [-0.3, -0.25) is 9.59 Å². The van der Waals surface area contributed by atoms with Crippen molar-refractivity contribution in [2.24, 2.45) is 5.92 Å². The van der Waals surface area contributed by atoms with E-state index in [2.05, 4.69) is 17.6 Å². The van der Waals surface area contributed by atoms with E-state index >= 15 is 0 Å². The van der Waals surface area contributed by atoms with E-state index in [4.69, 9.17) is 4.74 Å². The molecular formula is C18H26N2O3. The highest BCUT2D eigenvalue weighted by atomic mass is 16.5. The largest absolute Gasteiger partial charge is 0.494 e. The first kappa shape index (κ1) is 17.3. The van der Waals surface area contributed by atoms with E-state index in [1.807, 2.05) is 12.1 Å². The van der Waals surface area contributed by atoms with Gasteiger partial charge in [-0.05, 0) is 43.5 Å². The van der Waals surface area contributed by atoms with E-state index in [1.54, 1.807) is 12.1 Å². The van der Waals surface area contributed by atoms with E-state index in [9.17, 15) is 9.59 Å². The number of nitrogens with one attached hydrogen (secondary N) is 2. The highest BCUT2D eigenvalue weighted by Gasteiger charge is 2.28. The summed E-state index contributed by atoms with van der Waals surface area (Å²) in [5, 5.41) is 5.62. The molecule has 1 fully saturated rings. The van der Waals surface area contributed by atoms with Crippen LogP contribution in [0.1, 0.15) is 49.4 Å². The number of unbranched alkanes of at least 4 members (excludes halogenated alkanes) is 2. The molecule has 0 aromatic heterocycles. The van der Waals surface area contributed by atoms with Gasteiger partial charge in [0, 0.05) is 24.6 Å². The summed E-state index contributed by atoms with van der Waals surface area (Å²) < 4.78 is 5.62. The Morgan fingerprint density at radius 3 is 2.43 bits per heavy atom. The zero-order chi connectivity index (χ0) is 16.5. The summed E-state index contributed by atoms with van der Waals surface area (Å²) in [6.07, 6.45) is 5.36. The SMILES string of the molecule is CCCCCOc1ccc(C(=O)NCCNC(=O)C2CC2)cc1. The molecule has 0 saturated heterocycles. The summed E-state index contributed by atoms with van der Waals surface area (Å²) in [5.41, 5.74) is 0.597. The number of ether oxygens (including phenoxy) is 1. The van der Waals surface area contributed by atoms with E-state index in [1.165, 1.54) is 6.42 Å². The summed E-state index contributed by atoms with van der Waals surface area (Å²) in [5.74, 6) is 0.956. The fourth-order valence-electron chi connectivity index (χ4n) is 2.20. The molecule has 0 unspecified atom stereocenters. The van der Waals surface area contributed by atoms with Gasteiger partial charge in [-0.1, -0.05) is 19.8 Å². The normalized spacial score (nSPS) is 13.4. The van der Waals surface area contributed by atoms with Crippen molar-refractivity contribution in [3.05, 3.63) is 29.8 Å². The maximum absolute atomic E-state index is 12.0. The maximum atomic E-state index is 12.0. The number of benzene rings is 1. The van der Waals surface area contributed by atoms with E-state index in [0.29, 0.717) is 25.3 Å². The second kappa shape index (κ2) is 9.18. The van der Waals surface area contributed by atoms with Gasteiger partial charge >= 0.3 is 0 Å². The van der Waals surface area contributed by atoms with Crippen LogP contribution < -0.4 is 15.4 Å². The van der Waals surface area contributed by atoms with Crippen molar-refractivity contribution in [1.82, 2.24) is 10.6 Å². The molecule has 1 aliphatic rings. The Bertz CT molecular complexity index is 510. The molecule has 0 bridgehead atoms. The average molecular weight is 318 g/mol. The number of hydrogen-bond acceptors (Lipinski definition) is 3. The number of rotatable bonds is 10. The summed E-state index contributed by atoms with van der Waals surface area (Å²) in [7, 11) is 0. The van der Waals surface area contributed by atoms with Crippen molar-refractivity contribution in [2.45, 2.75) is 39.0 Å². The molecule has 2 N–H and O–H groups in total. The Labute approximate surface area is 137 Å². The number of carbonyl (C=O) groups is 2. The highest BCUT2D eigenvalue weighted by molar-refractivity contribution is 5.94. The second-order valence-corrected chi connectivity index (χ2v) is 5.90. The molecule has 1 saturated carbocycles. The molecule has 0 heterocycles. The Balaban J connectivity index is 1.64. The van der Waals surface area contributed by atoms with Crippen LogP contribution in [0.25, 0.3) is 0 Å². The summed E-state index contributed by atoms with van der Waals surface area (Å²) >= 11 is 0. The Kier molecular flexibility index (Phi) is 6.91. The van der Waals surface area contributed by atoms with Crippen molar-refractivity contribution in [3.63, 3.8) is 0 Å². The fourth-order valence-corrected chi connectivity index (χ4v) is 2.20. The minimum Gasteiger partial charge on any atom is -0.494 e. The van der Waals surface area contributed by atoms with Crippen LogP contribution in [0.15, 0.2) is 24.3 Å². The summed E-state index contributed by atoms with van der Waals surface area (Å²) in [6.45, 7) is 3.77. The molecule has 126 valence electrons. The first-order valence-electron chi connectivity index (χ1n) is 8.49. The molecule has 5 nitrogen and oxygen atoms in total. The summed E-state index contributed by atoms with van der Waals surface area (Å²) in [6, 6.07) is 7.14. The van der Waals surface area contributed by atoms with Gasteiger partial charge in [0.05, 0.1) is 6.61 Å². The summed E-state index contributed by atoms with van der Waals surface area (Å²) in [4.78, 5) is 23.4. The van der Waals surface area contributed by atoms with Crippen molar-refractivity contribution >= 4 is 11.8 Å². The molecule has 0 radical (unpaired) electrons. The lowest BCUT2D eigenvalue weighted by Crippen LogP contribution is -2.35. The van der Waals surface area contributed by atoms with E-state index in [0.717, 1.165) is 31.4 Å². The van der Waals surface area contributed by atoms with E-state index in [-0.39, 0.29) is 17.7 Å². The van der Waals surface area contributed by atoms with Crippen LogP contribution in [-0.4, -0.2) is 31.5 Å². The van der Waals surface area contributed by atoms with Gasteiger partial charge in [0.1, 0.15) is 5.75 Å². The smallest absolute Gasteiger partial charge is 0.251 e. The van der Waals surface area contributed by atoms with Gasteiger partial charge in [-0.15, -0.1) is 0 Å².